The summed E-state index contributed by atoms with van der Waals surface area (Å²) >= 11 is 2.35. The average molecular weight is 296 g/mol. The highest BCUT2D eigenvalue weighted by Crippen LogP contribution is 2.27. The molecule has 0 spiro atoms. The van der Waals surface area contributed by atoms with Gasteiger partial charge in [-0.2, -0.15) is 5.26 Å². The molecule has 0 bridgehead atoms. The monoisotopic (exact) mass is 296 g/mol. The first-order valence-electron chi connectivity index (χ1n) is 6.26. The fourth-order valence-electron chi connectivity index (χ4n) is 2.13. The maximum absolute atomic E-state index is 11.8. The summed E-state index contributed by atoms with van der Waals surface area (Å²) in [7, 11) is 0. The number of thiocyanates is 1. The van der Waals surface area contributed by atoms with Crippen LogP contribution in [0.15, 0.2) is 10.4 Å². The van der Waals surface area contributed by atoms with Crippen LogP contribution in [0.5, 0.6) is 0 Å². The molecule has 5 nitrogen and oxygen atoms in total. The van der Waals surface area contributed by atoms with Gasteiger partial charge in [-0.05, 0) is 31.6 Å². The van der Waals surface area contributed by atoms with E-state index in [0.717, 1.165) is 34.7 Å². The summed E-state index contributed by atoms with van der Waals surface area (Å²) in [5, 5.41) is 16.7. The number of aromatic nitrogens is 1. The van der Waals surface area contributed by atoms with Crippen molar-refractivity contribution in [3.05, 3.63) is 6.20 Å². The number of urea groups is 1. The predicted octanol–water partition coefficient (Wildman–Crippen LogP) is 3.42. The molecule has 19 heavy (non-hydrogen) atoms. The van der Waals surface area contributed by atoms with Crippen LogP contribution in [0.4, 0.5) is 9.93 Å². The van der Waals surface area contributed by atoms with Crippen molar-refractivity contribution >= 4 is 34.3 Å². The lowest BCUT2D eigenvalue weighted by Gasteiger charge is -2.26. The third-order valence-corrected chi connectivity index (χ3v) is 4.81. The van der Waals surface area contributed by atoms with E-state index in [1.165, 1.54) is 24.2 Å². The van der Waals surface area contributed by atoms with Gasteiger partial charge in [0, 0.05) is 17.8 Å². The maximum atomic E-state index is 11.8. The summed E-state index contributed by atoms with van der Waals surface area (Å²) in [4.78, 5) is 15.9. The lowest BCUT2D eigenvalue weighted by atomic mass is 9.87. The highest BCUT2D eigenvalue weighted by Gasteiger charge is 2.20. The Morgan fingerprint density at radius 2 is 2.26 bits per heavy atom. The van der Waals surface area contributed by atoms with E-state index in [1.54, 1.807) is 6.20 Å². The molecule has 0 radical (unpaired) electrons. The molecule has 0 unspecified atom stereocenters. The van der Waals surface area contributed by atoms with Crippen LogP contribution in [0.25, 0.3) is 0 Å². The van der Waals surface area contributed by atoms with Gasteiger partial charge < -0.3 is 5.32 Å². The van der Waals surface area contributed by atoms with Crippen molar-refractivity contribution in [3.63, 3.8) is 0 Å². The van der Waals surface area contributed by atoms with Gasteiger partial charge in [-0.3, -0.25) is 5.32 Å². The number of anilines is 1. The van der Waals surface area contributed by atoms with Gasteiger partial charge in [-0.15, -0.1) is 0 Å². The van der Waals surface area contributed by atoms with Gasteiger partial charge in [0.2, 0.25) is 0 Å². The molecule has 0 aliphatic heterocycles. The summed E-state index contributed by atoms with van der Waals surface area (Å²) in [5.74, 6) is 0.769. The van der Waals surface area contributed by atoms with Crippen molar-refractivity contribution in [2.75, 3.05) is 5.32 Å². The second kappa shape index (κ2) is 6.78. The second-order valence-electron chi connectivity index (χ2n) is 4.73. The first kappa shape index (κ1) is 14.2. The SMILES string of the molecule is CC1CCC(NC(=O)Nc2ncc(SC#N)s2)CC1. The Morgan fingerprint density at radius 1 is 1.53 bits per heavy atom. The standard InChI is InChI=1S/C12H16N4OS2/c1-8-2-4-9(5-3-8)15-11(17)16-12-14-6-10(19-12)18-7-13/h6,8-9H,2-5H2,1H3,(H2,14,15,16,17). The number of thiazole rings is 1. The van der Waals surface area contributed by atoms with Crippen LogP contribution in [0, 0.1) is 16.6 Å². The quantitative estimate of drug-likeness (QED) is 0.662. The molecular formula is C12H16N4OS2. The van der Waals surface area contributed by atoms with Gasteiger partial charge in [0.15, 0.2) is 5.13 Å². The third kappa shape index (κ3) is 4.40. The lowest BCUT2D eigenvalue weighted by Crippen LogP contribution is -2.39. The molecule has 1 saturated carbocycles. The van der Waals surface area contributed by atoms with Crippen molar-refractivity contribution in [2.24, 2.45) is 5.92 Å². The highest BCUT2D eigenvalue weighted by atomic mass is 32.2. The lowest BCUT2D eigenvalue weighted by molar-refractivity contribution is 0.239. The van der Waals surface area contributed by atoms with Gasteiger partial charge in [-0.1, -0.05) is 18.3 Å². The van der Waals surface area contributed by atoms with Crippen molar-refractivity contribution in [1.82, 2.24) is 10.3 Å². The van der Waals surface area contributed by atoms with E-state index in [0.29, 0.717) is 5.13 Å². The second-order valence-corrected chi connectivity index (χ2v) is 6.85. The Kier molecular flexibility index (Phi) is 5.05. The Morgan fingerprint density at radius 3 is 2.95 bits per heavy atom. The van der Waals surface area contributed by atoms with Gasteiger partial charge in [0.25, 0.3) is 0 Å². The molecule has 1 aliphatic carbocycles. The molecule has 0 saturated heterocycles. The number of carbonyl (C=O) groups is 1. The van der Waals surface area contributed by atoms with Crippen LogP contribution in [-0.2, 0) is 0 Å². The van der Waals surface area contributed by atoms with Gasteiger partial charge in [0.05, 0.1) is 10.4 Å². The average Bonchev–Trinajstić information content (AvgIpc) is 2.80. The fraction of sp³-hybridized carbons (Fsp3) is 0.583. The number of nitrogens with zero attached hydrogens (tertiary/aromatic N) is 2. The van der Waals surface area contributed by atoms with Crippen molar-refractivity contribution in [1.29, 1.82) is 5.26 Å². The van der Waals surface area contributed by atoms with E-state index in [2.05, 4.69) is 22.5 Å². The summed E-state index contributed by atoms with van der Waals surface area (Å²) in [6.07, 6.45) is 6.02. The van der Waals surface area contributed by atoms with Crippen LogP contribution in [0.1, 0.15) is 32.6 Å². The molecule has 1 fully saturated rings. The number of nitrogens with one attached hydrogen (secondary N) is 2. The molecule has 1 aliphatic rings. The fourth-order valence-corrected chi connectivity index (χ4v) is 3.39. The van der Waals surface area contributed by atoms with Crippen molar-refractivity contribution in [2.45, 2.75) is 42.9 Å². The minimum atomic E-state index is -0.206. The first-order valence-corrected chi connectivity index (χ1v) is 7.90. The Balaban J connectivity index is 1.79. The van der Waals surface area contributed by atoms with Crippen LogP contribution < -0.4 is 10.6 Å². The number of hydrogen-bond acceptors (Lipinski definition) is 5. The van der Waals surface area contributed by atoms with Crippen molar-refractivity contribution < 1.29 is 4.79 Å². The molecule has 1 heterocycles. The topological polar surface area (TPSA) is 77.8 Å². The molecule has 0 atom stereocenters. The number of amides is 2. The van der Waals surface area contributed by atoms with E-state index < -0.39 is 0 Å². The zero-order valence-corrected chi connectivity index (χ0v) is 12.3. The van der Waals surface area contributed by atoms with E-state index in [1.807, 2.05) is 5.40 Å². The minimum absolute atomic E-state index is 0.206. The molecule has 2 rings (SSSR count). The smallest absolute Gasteiger partial charge is 0.321 e. The molecule has 102 valence electrons. The van der Waals surface area contributed by atoms with Crippen LogP contribution in [0.3, 0.4) is 0 Å². The van der Waals surface area contributed by atoms with Gasteiger partial charge >= 0.3 is 6.03 Å². The van der Waals surface area contributed by atoms with E-state index in [9.17, 15) is 4.79 Å². The van der Waals surface area contributed by atoms with Gasteiger partial charge in [-0.25, -0.2) is 9.78 Å². The van der Waals surface area contributed by atoms with Crippen LogP contribution >= 0.6 is 23.1 Å². The Hall–Kier alpha value is -1.26. The zero-order valence-electron chi connectivity index (χ0n) is 10.7. The molecule has 1 aromatic rings. The molecule has 7 heteroatoms. The maximum Gasteiger partial charge on any atom is 0.321 e. The van der Waals surface area contributed by atoms with Crippen LogP contribution in [0.2, 0.25) is 0 Å². The predicted molar refractivity (Wildman–Crippen MR) is 77.2 cm³/mol. The van der Waals surface area contributed by atoms with E-state index >= 15 is 0 Å². The number of carbonyl (C=O) groups excluding carboxylic acids is 1. The highest BCUT2D eigenvalue weighted by molar-refractivity contribution is 8.05. The Bertz CT molecular complexity index is 474. The minimum Gasteiger partial charge on any atom is -0.335 e. The van der Waals surface area contributed by atoms with E-state index in [4.69, 9.17) is 5.26 Å². The summed E-state index contributed by atoms with van der Waals surface area (Å²) in [5.41, 5.74) is 0. The normalized spacial score (nSPS) is 22.5. The van der Waals surface area contributed by atoms with Crippen LogP contribution in [-0.4, -0.2) is 17.1 Å². The molecular weight excluding hydrogens is 280 g/mol. The molecule has 2 amide bonds. The first-order chi connectivity index (χ1) is 9.17. The molecule has 1 aromatic heterocycles. The number of hydrogen-bond donors (Lipinski definition) is 2. The van der Waals surface area contributed by atoms with Crippen molar-refractivity contribution in [3.8, 4) is 5.40 Å². The zero-order chi connectivity index (χ0) is 13.7. The number of thioether (sulfide) groups is 1. The molecule has 2 N–H and O–H groups in total. The number of nitriles is 1. The largest absolute Gasteiger partial charge is 0.335 e. The molecule has 0 aromatic carbocycles. The number of rotatable bonds is 3. The third-order valence-electron chi connectivity index (χ3n) is 3.20. The summed E-state index contributed by atoms with van der Waals surface area (Å²) < 4.78 is 0.782. The summed E-state index contributed by atoms with van der Waals surface area (Å²) in [6, 6.07) is 0.0616. The van der Waals surface area contributed by atoms with E-state index in [-0.39, 0.29) is 12.1 Å². The van der Waals surface area contributed by atoms with Gasteiger partial charge in [0.1, 0.15) is 5.40 Å². The Labute approximate surface area is 120 Å². The summed E-state index contributed by atoms with van der Waals surface area (Å²) in [6.45, 7) is 2.25.